The lowest BCUT2D eigenvalue weighted by atomic mass is 10.1. The molecule has 2 N–H and O–H groups in total. The number of hydrogen-bond acceptors (Lipinski definition) is 9. The molecule has 1 aromatic carbocycles. The molecule has 1 fully saturated rings. The maximum absolute atomic E-state index is 13.3. The molecule has 36 heavy (non-hydrogen) atoms. The molecule has 1 saturated heterocycles. The van der Waals surface area contributed by atoms with Crippen molar-refractivity contribution >= 4 is 51.7 Å². The zero-order valence-corrected chi connectivity index (χ0v) is 21.7. The van der Waals surface area contributed by atoms with Crippen LogP contribution in [0.3, 0.4) is 0 Å². The summed E-state index contributed by atoms with van der Waals surface area (Å²) in [7, 11) is 3.15. The van der Waals surface area contributed by atoms with Gasteiger partial charge in [0.25, 0.3) is 11.5 Å². The maximum atomic E-state index is 13.3. The molecule has 2 aromatic heterocycles. The molecule has 0 atom stereocenters. The van der Waals surface area contributed by atoms with Crippen molar-refractivity contribution in [2.24, 2.45) is 0 Å². The Bertz CT molecular complexity index is 1420. The van der Waals surface area contributed by atoms with E-state index in [0.29, 0.717) is 45.2 Å². The van der Waals surface area contributed by atoms with E-state index in [9.17, 15) is 14.7 Å². The average Bonchev–Trinajstić information content (AvgIpc) is 3.15. The number of carbonyl (C=O) groups excluding carboxylic acids is 1. The maximum Gasteiger partial charge on any atom is 0.267 e. The summed E-state index contributed by atoms with van der Waals surface area (Å²) < 4.78 is 12.5. The van der Waals surface area contributed by atoms with Gasteiger partial charge in [0.05, 0.1) is 31.3 Å². The summed E-state index contributed by atoms with van der Waals surface area (Å²) in [5, 5.41) is 12.3. The fraction of sp³-hybridized carbons (Fsp3) is 0.280. The second-order valence-electron chi connectivity index (χ2n) is 7.99. The molecule has 0 spiro atoms. The first kappa shape index (κ1) is 25.7. The molecule has 0 aliphatic carbocycles. The van der Waals surface area contributed by atoms with Crippen LogP contribution < -0.4 is 20.3 Å². The number of nitrogens with one attached hydrogen (secondary N) is 1. The summed E-state index contributed by atoms with van der Waals surface area (Å²) in [5.41, 5.74) is 2.21. The predicted molar refractivity (Wildman–Crippen MR) is 145 cm³/mol. The van der Waals surface area contributed by atoms with Crippen molar-refractivity contribution in [1.82, 2.24) is 14.3 Å². The number of aliphatic hydroxyl groups is 1. The van der Waals surface area contributed by atoms with Crippen molar-refractivity contribution in [3.8, 4) is 11.5 Å². The van der Waals surface area contributed by atoms with Gasteiger partial charge in [-0.3, -0.25) is 18.9 Å². The van der Waals surface area contributed by atoms with Crippen molar-refractivity contribution in [1.29, 1.82) is 0 Å². The van der Waals surface area contributed by atoms with E-state index in [1.165, 1.54) is 15.4 Å². The Morgan fingerprint density at radius 2 is 1.97 bits per heavy atom. The lowest BCUT2D eigenvalue weighted by Crippen LogP contribution is -2.30. The lowest BCUT2D eigenvalue weighted by Gasteiger charge is -2.15. The fourth-order valence-corrected chi connectivity index (χ4v) is 5.14. The molecular weight excluding hydrogens is 500 g/mol. The molecule has 3 aromatic rings. The van der Waals surface area contributed by atoms with Gasteiger partial charge in [0.2, 0.25) is 0 Å². The molecule has 1 aliphatic heterocycles. The van der Waals surface area contributed by atoms with Crippen molar-refractivity contribution in [2.75, 3.05) is 39.2 Å². The third-order valence-electron chi connectivity index (χ3n) is 5.71. The number of ether oxygens (including phenoxy) is 2. The van der Waals surface area contributed by atoms with Crippen LogP contribution in [-0.2, 0) is 11.2 Å². The molecule has 11 heteroatoms. The highest BCUT2D eigenvalue weighted by Gasteiger charge is 2.32. The second kappa shape index (κ2) is 11.1. The quantitative estimate of drug-likeness (QED) is 0.322. The number of aliphatic hydroxyl groups excluding tert-OH is 1. The number of pyridine rings is 1. The smallest absolute Gasteiger partial charge is 0.267 e. The first-order chi connectivity index (χ1) is 17.4. The van der Waals surface area contributed by atoms with Gasteiger partial charge >= 0.3 is 0 Å². The average molecular weight is 527 g/mol. The number of hydrogen-bond donors (Lipinski definition) is 2. The van der Waals surface area contributed by atoms with E-state index in [1.807, 2.05) is 31.2 Å². The molecule has 1 aliphatic rings. The van der Waals surface area contributed by atoms with Crippen LogP contribution in [0.4, 0.5) is 5.82 Å². The normalized spacial score (nSPS) is 14.7. The van der Waals surface area contributed by atoms with Gasteiger partial charge in [0, 0.05) is 19.3 Å². The number of thioether (sulfide) groups is 1. The van der Waals surface area contributed by atoms with Crippen LogP contribution in [0.2, 0.25) is 0 Å². The van der Waals surface area contributed by atoms with Crippen molar-refractivity contribution in [2.45, 2.75) is 13.3 Å². The minimum absolute atomic E-state index is 0.132. The molecule has 0 unspecified atom stereocenters. The Morgan fingerprint density at radius 1 is 1.19 bits per heavy atom. The number of methoxy groups -OCH3 is 2. The Hall–Kier alpha value is -3.41. The number of aryl methyl sites for hydroxylation is 1. The number of thiocarbonyl (C=S) groups is 1. The van der Waals surface area contributed by atoms with Gasteiger partial charge in [-0.1, -0.05) is 36.1 Å². The zero-order valence-electron chi connectivity index (χ0n) is 20.1. The van der Waals surface area contributed by atoms with Crippen LogP contribution in [0.25, 0.3) is 11.7 Å². The number of benzene rings is 1. The van der Waals surface area contributed by atoms with Crippen molar-refractivity contribution in [3.05, 3.63) is 68.5 Å². The largest absolute Gasteiger partial charge is 0.493 e. The summed E-state index contributed by atoms with van der Waals surface area (Å²) in [6, 6.07) is 9.23. The van der Waals surface area contributed by atoms with E-state index in [1.54, 1.807) is 26.5 Å². The molecule has 1 amide bonds. The van der Waals surface area contributed by atoms with Gasteiger partial charge in [-0.25, -0.2) is 4.98 Å². The second-order valence-corrected chi connectivity index (χ2v) is 9.66. The highest BCUT2D eigenvalue weighted by atomic mass is 32.2. The van der Waals surface area contributed by atoms with E-state index >= 15 is 0 Å². The van der Waals surface area contributed by atoms with Gasteiger partial charge in [-0.2, -0.15) is 0 Å². The number of fused-ring (bicyclic) bond motifs is 1. The highest BCUT2D eigenvalue weighted by molar-refractivity contribution is 8.26. The molecule has 4 rings (SSSR count). The summed E-state index contributed by atoms with van der Waals surface area (Å²) in [5.74, 6) is 1.28. The number of nitrogens with zero attached hydrogens (tertiary/aromatic N) is 3. The molecule has 9 nitrogen and oxygen atoms in total. The molecule has 3 heterocycles. The van der Waals surface area contributed by atoms with Gasteiger partial charge in [0.1, 0.15) is 15.8 Å². The van der Waals surface area contributed by atoms with E-state index < -0.39 is 0 Å². The van der Waals surface area contributed by atoms with Crippen LogP contribution in [0.1, 0.15) is 16.7 Å². The topological polar surface area (TPSA) is 105 Å². The Kier molecular flexibility index (Phi) is 7.92. The fourth-order valence-electron chi connectivity index (χ4n) is 3.85. The van der Waals surface area contributed by atoms with E-state index in [0.717, 1.165) is 22.9 Å². The number of carbonyl (C=O) groups is 1. The van der Waals surface area contributed by atoms with Crippen LogP contribution in [-0.4, -0.2) is 63.5 Å². The summed E-state index contributed by atoms with van der Waals surface area (Å²) in [6.07, 6.45) is 3.72. The summed E-state index contributed by atoms with van der Waals surface area (Å²) in [6.45, 7) is 2.32. The van der Waals surface area contributed by atoms with Gasteiger partial charge in [0.15, 0.2) is 11.5 Å². The lowest BCUT2D eigenvalue weighted by molar-refractivity contribution is -0.122. The van der Waals surface area contributed by atoms with E-state index in [-0.39, 0.29) is 30.2 Å². The Morgan fingerprint density at radius 3 is 2.69 bits per heavy atom. The number of anilines is 1. The third-order valence-corrected chi connectivity index (χ3v) is 7.09. The summed E-state index contributed by atoms with van der Waals surface area (Å²) in [4.78, 5) is 33.0. The minimum atomic E-state index is -0.320. The van der Waals surface area contributed by atoms with E-state index in [2.05, 4.69) is 10.3 Å². The summed E-state index contributed by atoms with van der Waals surface area (Å²) >= 11 is 6.63. The Labute approximate surface area is 217 Å². The third kappa shape index (κ3) is 5.08. The van der Waals surface area contributed by atoms with Gasteiger partial charge in [-0.05, 0) is 48.7 Å². The monoisotopic (exact) mass is 526 g/mol. The van der Waals surface area contributed by atoms with Crippen LogP contribution >= 0.6 is 24.0 Å². The first-order valence-corrected chi connectivity index (χ1v) is 12.4. The molecular formula is C25H26N4O5S2. The minimum Gasteiger partial charge on any atom is -0.493 e. The van der Waals surface area contributed by atoms with Crippen molar-refractivity contribution in [3.63, 3.8) is 0 Å². The van der Waals surface area contributed by atoms with E-state index in [4.69, 9.17) is 21.7 Å². The first-order valence-electron chi connectivity index (χ1n) is 11.2. The SMILES string of the molecule is COc1ccc(CCN2C(=O)/C(=C\c3c(NCCO)nc4c(C)cccn4c3=O)SC2=S)cc1OC. The van der Waals surface area contributed by atoms with Gasteiger partial charge in [-0.15, -0.1) is 0 Å². The predicted octanol–water partition coefficient (Wildman–Crippen LogP) is 2.87. The van der Waals surface area contributed by atoms with Crippen LogP contribution in [0.15, 0.2) is 46.2 Å². The Balaban J connectivity index is 1.62. The van der Waals surface area contributed by atoms with Crippen LogP contribution in [0.5, 0.6) is 11.5 Å². The standard InChI is InChI=1S/C25H26N4O5S2/c1-15-5-4-10-28-22(15)27-21(26-9-12-30)17(23(28)31)14-20-24(32)29(25(35)36-20)11-8-16-6-7-18(33-2)19(13-16)34-3/h4-7,10,13-14,26,30H,8-9,11-12H2,1-3H3/b20-14+. The molecule has 0 saturated carbocycles. The molecule has 0 radical (unpaired) electrons. The zero-order chi connectivity index (χ0) is 25.8. The highest BCUT2D eigenvalue weighted by Crippen LogP contribution is 2.34. The molecule has 188 valence electrons. The van der Waals surface area contributed by atoms with Crippen LogP contribution in [0, 0.1) is 6.92 Å². The number of aromatic nitrogens is 2. The van der Waals surface area contributed by atoms with Crippen molar-refractivity contribution < 1.29 is 19.4 Å². The number of amides is 1. The van der Waals surface area contributed by atoms with Gasteiger partial charge < -0.3 is 19.9 Å². The number of rotatable bonds is 9. The molecule has 0 bridgehead atoms.